The molecule has 1 fully saturated rings. The molecule has 0 spiro atoms. The quantitative estimate of drug-likeness (QED) is 0.816. The van der Waals surface area contributed by atoms with Crippen LogP contribution in [0.15, 0.2) is 30.3 Å². The topological polar surface area (TPSA) is 75.4 Å². The third kappa shape index (κ3) is 3.62. The van der Waals surface area contributed by atoms with Crippen molar-refractivity contribution in [1.29, 1.82) is 0 Å². The second kappa shape index (κ2) is 5.95. The van der Waals surface area contributed by atoms with Gasteiger partial charge in [0.1, 0.15) is 0 Å². The van der Waals surface area contributed by atoms with Crippen molar-refractivity contribution in [3.05, 3.63) is 35.9 Å². The molecule has 1 aromatic carbocycles. The number of hydrogen-bond acceptors (Lipinski definition) is 4. The smallest absolute Gasteiger partial charge is 0.257 e. The number of rotatable bonds is 3. The summed E-state index contributed by atoms with van der Waals surface area (Å²) in [5.74, 6) is -0.255. The molecule has 0 aromatic heterocycles. The van der Waals surface area contributed by atoms with Gasteiger partial charge in [0, 0.05) is 24.7 Å². The summed E-state index contributed by atoms with van der Waals surface area (Å²) in [5.41, 5.74) is 6.38. The lowest BCUT2D eigenvalue weighted by Crippen LogP contribution is -2.40. The molecule has 102 valence electrons. The third-order valence-electron chi connectivity index (χ3n) is 3.40. The molecule has 5 heteroatoms. The van der Waals surface area contributed by atoms with Crippen LogP contribution in [0.25, 0.3) is 0 Å². The maximum atomic E-state index is 11.8. The van der Waals surface area contributed by atoms with Crippen molar-refractivity contribution in [2.75, 3.05) is 19.6 Å². The van der Waals surface area contributed by atoms with Gasteiger partial charge in [0.05, 0.1) is 6.54 Å². The van der Waals surface area contributed by atoms with E-state index in [0.717, 1.165) is 6.54 Å². The average Bonchev–Trinajstić information content (AvgIpc) is 2.69. The van der Waals surface area contributed by atoms with Gasteiger partial charge >= 0.3 is 0 Å². The summed E-state index contributed by atoms with van der Waals surface area (Å²) in [4.78, 5) is 25.5. The Kier molecular flexibility index (Phi) is 4.29. The number of nitrogens with zero attached hydrogens (tertiary/aromatic N) is 1. The van der Waals surface area contributed by atoms with E-state index in [4.69, 9.17) is 5.73 Å². The van der Waals surface area contributed by atoms with Gasteiger partial charge in [-0.2, -0.15) is 0 Å². The van der Waals surface area contributed by atoms with Crippen LogP contribution >= 0.6 is 0 Å². The van der Waals surface area contributed by atoms with Gasteiger partial charge in [-0.15, -0.1) is 0 Å². The number of hydrogen-bond donors (Lipinski definition) is 2. The van der Waals surface area contributed by atoms with E-state index >= 15 is 0 Å². The molecule has 2 unspecified atom stereocenters. The fourth-order valence-corrected chi connectivity index (χ4v) is 2.26. The van der Waals surface area contributed by atoms with Crippen molar-refractivity contribution in [2.45, 2.75) is 13.0 Å². The molecule has 2 atom stereocenters. The Balaban J connectivity index is 1.84. The maximum Gasteiger partial charge on any atom is 0.257 e. The van der Waals surface area contributed by atoms with Crippen molar-refractivity contribution in [3.8, 4) is 0 Å². The van der Waals surface area contributed by atoms with Crippen molar-refractivity contribution in [2.24, 2.45) is 11.7 Å². The van der Waals surface area contributed by atoms with Crippen LogP contribution < -0.4 is 11.1 Å². The lowest BCUT2D eigenvalue weighted by atomic mass is 10.1. The molecular weight excluding hydrogens is 242 g/mol. The average molecular weight is 261 g/mol. The molecule has 1 aliphatic heterocycles. The van der Waals surface area contributed by atoms with Crippen LogP contribution in [0.4, 0.5) is 0 Å². The molecule has 0 saturated carbocycles. The van der Waals surface area contributed by atoms with Gasteiger partial charge in [0.25, 0.3) is 5.91 Å². The standard InChI is InChI=1S/C14H19N3O2/c1-10-7-17(8-12(10)15)9-13(18)16-14(19)11-5-3-2-4-6-11/h2-6,10,12H,7-9,15H2,1H3,(H,16,18,19). The highest BCUT2D eigenvalue weighted by Crippen LogP contribution is 2.13. The molecule has 0 aliphatic carbocycles. The maximum absolute atomic E-state index is 11.8. The van der Waals surface area contributed by atoms with E-state index < -0.39 is 0 Å². The second-order valence-corrected chi connectivity index (χ2v) is 5.08. The van der Waals surface area contributed by atoms with Crippen molar-refractivity contribution >= 4 is 11.8 Å². The Morgan fingerprint density at radius 1 is 1.32 bits per heavy atom. The number of benzene rings is 1. The number of imide groups is 1. The van der Waals surface area contributed by atoms with Crippen molar-refractivity contribution < 1.29 is 9.59 Å². The van der Waals surface area contributed by atoms with Crippen LogP contribution in [0.5, 0.6) is 0 Å². The molecule has 5 nitrogen and oxygen atoms in total. The van der Waals surface area contributed by atoms with Gasteiger partial charge in [0.2, 0.25) is 5.91 Å². The molecule has 19 heavy (non-hydrogen) atoms. The van der Waals surface area contributed by atoms with Crippen LogP contribution in [0.1, 0.15) is 17.3 Å². The molecule has 1 saturated heterocycles. The molecule has 1 aliphatic rings. The van der Waals surface area contributed by atoms with Gasteiger partial charge in [-0.25, -0.2) is 0 Å². The predicted octanol–water partition coefficient (Wildman–Crippen LogP) is 0.222. The number of nitrogens with two attached hydrogens (primary N) is 1. The van der Waals surface area contributed by atoms with E-state index in [1.54, 1.807) is 24.3 Å². The summed E-state index contributed by atoms with van der Waals surface area (Å²) in [6.07, 6.45) is 0. The number of carbonyl (C=O) groups is 2. The van der Waals surface area contributed by atoms with Crippen LogP contribution in [-0.4, -0.2) is 42.4 Å². The molecule has 1 heterocycles. The van der Waals surface area contributed by atoms with E-state index in [-0.39, 0.29) is 24.4 Å². The highest BCUT2D eigenvalue weighted by Gasteiger charge is 2.27. The predicted molar refractivity (Wildman–Crippen MR) is 72.5 cm³/mol. The number of amides is 2. The first-order chi connectivity index (χ1) is 9.06. The Hall–Kier alpha value is -1.72. The molecule has 2 rings (SSSR count). The minimum atomic E-state index is -0.359. The zero-order valence-corrected chi connectivity index (χ0v) is 11.0. The first-order valence-corrected chi connectivity index (χ1v) is 6.43. The zero-order valence-electron chi connectivity index (χ0n) is 11.0. The van der Waals surface area contributed by atoms with Gasteiger partial charge in [-0.05, 0) is 18.1 Å². The van der Waals surface area contributed by atoms with Gasteiger partial charge in [0.15, 0.2) is 0 Å². The van der Waals surface area contributed by atoms with E-state index in [1.807, 2.05) is 11.0 Å². The number of likely N-dealkylation sites (tertiary alicyclic amines) is 1. The summed E-state index contributed by atoms with van der Waals surface area (Å²) >= 11 is 0. The Labute approximate surface area is 112 Å². The first kappa shape index (κ1) is 13.7. The number of carbonyl (C=O) groups excluding carboxylic acids is 2. The highest BCUT2D eigenvalue weighted by atomic mass is 16.2. The van der Waals surface area contributed by atoms with E-state index in [0.29, 0.717) is 18.0 Å². The van der Waals surface area contributed by atoms with Crippen LogP contribution in [-0.2, 0) is 4.79 Å². The van der Waals surface area contributed by atoms with Crippen LogP contribution in [0.3, 0.4) is 0 Å². The summed E-state index contributed by atoms with van der Waals surface area (Å²) < 4.78 is 0. The van der Waals surface area contributed by atoms with Gasteiger partial charge in [-0.1, -0.05) is 25.1 Å². The Bertz CT molecular complexity index is 451. The molecule has 3 N–H and O–H groups in total. The fraction of sp³-hybridized carbons (Fsp3) is 0.429. The highest BCUT2D eigenvalue weighted by molar-refractivity contribution is 6.05. The summed E-state index contributed by atoms with van der Waals surface area (Å²) in [7, 11) is 0. The fourth-order valence-electron chi connectivity index (χ4n) is 2.26. The summed E-state index contributed by atoms with van der Waals surface area (Å²) in [6.45, 7) is 3.79. The largest absolute Gasteiger partial charge is 0.326 e. The SMILES string of the molecule is CC1CN(CC(=O)NC(=O)c2ccccc2)CC1N. The lowest BCUT2D eigenvalue weighted by molar-refractivity contribution is -0.121. The summed E-state index contributed by atoms with van der Waals surface area (Å²) in [5, 5.41) is 2.39. The molecule has 2 amide bonds. The van der Waals surface area contributed by atoms with Gasteiger partial charge in [-0.3, -0.25) is 19.8 Å². The Morgan fingerprint density at radius 3 is 2.58 bits per heavy atom. The van der Waals surface area contributed by atoms with Crippen LogP contribution in [0, 0.1) is 5.92 Å². The molecular formula is C14H19N3O2. The molecule has 0 bridgehead atoms. The number of nitrogens with one attached hydrogen (secondary N) is 1. The van der Waals surface area contributed by atoms with Crippen LogP contribution in [0.2, 0.25) is 0 Å². The summed E-state index contributed by atoms with van der Waals surface area (Å²) in [6, 6.07) is 8.82. The lowest BCUT2D eigenvalue weighted by Gasteiger charge is -2.14. The Morgan fingerprint density at radius 2 is 2.00 bits per heavy atom. The van der Waals surface area contributed by atoms with Crippen molar-refractivity contribution in [1.82, 2.24) is 10.2 Å². The molecule has 0 radical (unpaired) electrons. The minimum absolute atomic E-state index is 0.109. The first-order valence-electron chi connectivity index (χ1n) is 6.43. The second-order valence-electron chi connectivity index (χ2n) is 5.08. The third-order valence-corrected chi connectivity index (χ3v) is 3.40. The zero-order chi connectivity index (χ0) is 13.8. The molecule has 1 aromatic rings. The van der Waals surface area contributed by atoms with E-state index in [9.17, 15) is 9.59 Å². The van der Waals surface area contributed by atoms with E-state index in [1.165, 1.54) is 0 Å². The van der Waals surface area contributed by atoms with Crippen molar-refractivity contribution in [3.63, 3.8) is 0 Å². The minimum Gasteiger partial charge on any atom is -0.326 e. The normalized spacial score (nSPS) is 23.3. The van der Waals surface area contributed by atoms with Gasteiger partial charge < -0.3 is 5.73 Å². The van der Waals surface area contributed by atoms with E-state index in [2.05, 4.69) is 12.2 Å². The monoisotopic (exact) mass is 261 g/mol.